The third-order valence-corrected chi connectivity index (χ3v) is 3.82. The van der Waals surface area contributed by atoms with E-state index in [9.17, 15) is 0 Å². The topological polar surface area (TPSA) is 3.24 Å². The predicted octanol–water partition coefficient (Wildman–Crippen LogP) is 3.13. The van der Waals surface area contributed by atoms with Crippen LogP contribution in [0.2, 0.25) is 0 Å². The first-order chi connectivity index (χ1) is 7.18. The molecule has 3 rings (SSSR count). The normalized spacial score (nSPS) is 22.2. The van der Waals surface area contributed by atoms with Crippen LogP contribution >= 0.6 is 0 Å². The third-order valence-electron chi connectivity index (χ3n) is 3.82. The second kappa shape index (κ2) is 4.42. The van der Waals surface area contributed by atoms with Gasteiger partial charge in [-0.3, -0.25) is 0 Å². The third kappa shape index (κ3) is 2.09. The van der Waals surface area contributed by atoms with Crippen LogP contribution in [0.4, 0.5) is 5.69 Å². The Morgan fingerprint density at radius 3 is 2.81 bits per heavy atom. The van der Waals surface area contributed by atoms with Crippen LogP contribution in [0.15, 0.2) is 18.2 Å². The molecule has 1 aromatic rings. The number of para-hydroxylation sites is 1. The predicted molar refractivity (Wildman–Crippen MR) is 63.3 cm³/mol. The first kappa shape index (κ1) is 12.6. The summed E-state index contributed by atoms with van der Waals surface area (Å²) in [5.41, 5.74) is 3.19. The van der Waals surface area contributed by atoms with Gasteiger partial charge < -0.3 is 4.90 Å². The first-order valence-corrected chi connectivity index (χ1v) is 5.96. The Morgan fingerprint density at radius 1 is 1.38 bits per heavy atom. The number of hydrogen-bond acceptors (Lipinski definition) is 1. The van der Waals surface area contributed by atoms with Crippen molar-refractivity contribution in [1.29, 1.82) is 0 Å². The fourth-order valence-electron chi connectivity index (χ4n) is 2.61. The van der Waals surface area contributed by atoms with Crippen LogP contribution in [0.3, 0.4) is 0 Å². The molecule has 0 N–H and O–H groups in total. The average Bonchev–Trinajstić information content (AvgIpc) is 3.02. The van der Waals surface area contributed by atoms with Gasteiger partial charge in [0.25, 0.3) is 0 Å². The van der Waals surface area contributed by atoms with Crippen LogP contribution in [0.5, 0.6) is 0 Å². The Labute approximate surface area is 123 Å². The summed E-state index contributed by atoms with van der Waals surface area (Å²) in [6, 6.07) is 10.7. The summed E-state index contributed by atoms with van der Waals surface area (Å²) in [4.78, 5) is 2.57. The van der Waals surface area contributed by atoms with Gasteiger partial charge in [-0.2, -0.15) is 24.3 Å². The largest absolute Gasteiger partial charge is 0.390 e. The van der Waals surface area contributed by atoms with Crippen molar-refractivity contribution in [2.75, 3.05) is 11.4 Å². The van der Waals surface area contributed by atoms with Gasteiger partial charge in [0, 0.05) is 45.3 Å². The summed E-state index contributed by atoms with van der Waals surface area (Å²) in [6.07, 6.45) is 4.03. The van der Waals surface area contributed by atoms with Crippen molar-refractivity contribution in [3.63, 3.8) is 0 Å². The number of rotatable bonds is 1. The Bertz CT molecular complexity index is 382. The van der Waals surface area contributed by atoms with E-state index < -0.39 is 0 Å². The SMILES string of the molecule is CC1(C)CCN(C2CC2)c2[c-]cccc21.[Y]. The van der Waals surface area contributed by atoms with E-state index in [4.69, 9.17) is 0 Å². The summed E-state index contributed by atoms with van der Waals surface area (Å²) < 4.78 is 0. The summed E-state index contributed by atoms with van der Waals surface area (Å²) in [7, 11) is 0. The number of nitrogens with zero attached hydrogens (tertiary/aromatic N) is 1. The summed E-state index contributed by atoms with van der Waals surface area (Å²) in [6.45, 7) is 5.92. The van der Waals surface area contributed by atoms with E-state index >= 15 is 0 Å². The molecule has 0 aromatic heterocycles. The molecule has 0 unspecified atom stereocenters. The maximum atomic E-state index is 3.44. The van der Waals surface area contributed by atoms with Gasteiger partial charge in [0.2, 0.25) is 0 Å². The molecule has 1 radical (unpaired) electrons. The Kier molecular flexibility index (Phi) is 3.48. The van der Waals surface area contributed by atoms with Gasteiger partial charge in [0.1, 0.15) is 0 Å². The molecule has 2 heteroatoms. The summed E-state index contributed by atoms with van der Waals surface area (Å²) >= 11 is 0. The Morgan fingerprint density at radius 2 is 2.12 bits per heavy atom. The Balaban J connectivity index is 0.000000963. The average molecular weight is 289 g/mol. The molecular formula is C14H18NY-. The zero-order valence-electron chi connectivity index (χ0n) is 10.2. The van der Waals surface area contributed by atoms with E-state index in [0.717, 1.165) is 6.04 Å². The van der Waals surface area contributed by atoms with Crippen molar-refractivity contribution in [3.05, 3.63) is 29.8 Å². The molecule has 0 saturated heterocycles. The van der Waals surface area contributed by atoms with Gasteiger partial charge in [0.15, 0.2) is 0 Å². The first-order valence-electron chi connectivity index (χ1n) is 5.96. The fourth-order valence-corrected chi connectivity index (χ4v) is 2.61. The van der Waals surface area contributed by atoms with E-state index in [1.165, 1.54) is 37.1 Å². The zero-order valence-corrected chi connectivity index (χ0v) is 13.0. The molecule has 0 spiro atoms. The van der Waals surface area contributed by atoms with Gasteiger partial charge in [-0.05, 0) is 19.3 Å². The fraction of sp³-hybridized carbons (Fsp3) is 0.571. The van der Waals surface area contributed by atoms with Crippen LogP contribution in [0, 0.1) is 6.07 Å². The van der Waals surface area contributed by atoms with Gasteiger partial charge in [-0.15, -0.1) is 5.56 Å². The van der Waals surface area contributed by atoms with Crippen LogP contribution in [0.1, 0.15) is 38.7 Å². The van der Waals surface area contributed by atoms with Gasteiger partial charge in [-0.1, -0.05) is 24.9 Å². The van der Waals surface area contributed by atoms with Crippen LogP contribution in [-0.2, 0) is 38.1 Å². The molecule has 0 amide bonds. The molecule has 0 bridgehead atoms. The molecule has 1 aliphatic carbocycles. The zero-order chi connectivity index (χ0) is 10.5. The van der Waals surface area contributed by atoms with Crippen LogP contribution < -0.4 is 4.90 Å². The van der Waals surface area contributed by atoms with E-state index in [2.05, 4.69) is 43.0 Å². The molecule has 1 aromatic carbocycles. The number of anilines is 1. The van der Waals surface area contributed by atoms with E-state index in [-0.39, 0.29) is 32.7 Å². The van der Waals surface area contributed by atoms with E-state index in [1.807, 2.05) is 0 Å². The minimum absolute atomic E-state index is 0. The van der Waals surface area contributed by atoms with Crippen molar-refractivity contribution in [2.24, 2.45) is 0 Å². The Hall–Kier alpha value is 0.124. The summed E-state index contributed by atoms with van der Waals surface area (Å²) in [5, 5.41) is 0. The van der Waals surface area contributed by atoms with E-state index in [1.54, 1.807) is 0 Å². The van der Waals surface area contributed by atoms with Crippen LogP contribution in [0.25, 0.3) is 0 Å². The minimum Gasteiger partial charge on any atom is -0.390 e. The molecule has 1 aliphatic heterocycles. The van der Waals surface area contributed by atoms with Crippen molar-refractivity contribution < 1.29 is 32.7 Å². The van der Waals surface area contributed by atoms with Gasteiger partial charge >= 0.3 is 0 Å². The maximum Gasteiger partial charge on any atom is 0.0269 e. The van der Waals surface area contributed by atoms with Crippen molar-refractivity contribution in [1.82, 2.24) is 0 Å². The van der Waals surface area contributed by atoms with Gasteiger partial charge in [0.05, 0.1) is 0 Å². The molecule has 2 aliphatic rings. The van der Waals surface area contributed by atoms with Crippen molar-refractivity contribution in [3.8, 4) is 0 Å². The van der Waals surface area contributed by atoms with Crippen LogP contribution in [-0.4, -0.2) is 12.6 Å². The molecule has 1 fully saturated rings. The number of hydrogen-bond donors (Lipinski definition) is 0. The number of benzene rings is 1. The molecule has 1 nitrogen and oxygen atoms in total. The second-order valence-corrected chi connectivity index (χ2v) is 5.49. The maximum absolute atomic E-state index is 3.44. The quantitative estimate of drug-likeness (QED) is 0.718. The molecular weight excluding hydrogens is 271 g/mol. The molecule has 1 saturated carbocycles. The van der Waals surface area contributed by atoms with Crippen molar-refractivity contribution >= 4 is 5.69 Å². The number of fused-ring (bicyclic) bond motifs is 1. The molecule has 0 atom stereocenters. The van der Waals surface area contributed by atoms with E-state index in [0.29, 0.717) is 5.41 Å². The molecule has 83 valence electrons. The molecule has 1 heterocycles. The van der Waals surface area contributed by atoms with Crippen molar-refractivity contribution in [2.45, 2.75) is 44.6 Å². The minimum atomic E-state index is 0. The van der Waals surface area contributed by atoms with Gasteiger partial charge in [-0.25, -0.2) is 0 Å². The standard InChI is InChI=1S/C14H18N.Y/c1-14(2)9-10-15(11-7-8-11)13-6-4-3-5-12(13)14;/h3-5,11H,7-10H2,1-2H3;/q-1;. The summed E-state index contributed by atoms with van der Waals surface area (Å²) in [5.74, 6) is 0. The molecule has 16 heavy (non-hydrogen) atoms. The smallest absolute Gasteiger partial charge is 0.0269 e. The monoisotopic (exact) mass is 289 g/mol. The second-order valence-electron chi connectivity index (χ2n) is 5.49.